The van der Waals surface area contributed by atoms with E-state index in [4.69, 9.17) is 9.97 Å². The molecule has 0 spiro atoms. The van der Waals surface area contributed by atoms with Crippen molar-refractivity contribution in [2.75, 3.05) is 23.7 Å². The van der Waals surface area contributed by atoms with E-state index in [0.717, 1.165) is 52.6 Å². The van der Waals surface area contributed by atoms with Gasteiger partial charge in [0.2, 0.25) is 0 Å². The molecule has 0 saturated carbocycles. The van der Waals surface area contributed by atoms with Crippen molar-refractivity contribution in [3.63, 3.8) is 0 Å². The lowest BCUT2D eigenvalue weighted by Gasteiger charge is -2.14. The van der Waals surface area contributed by atoms with Crippen LogP contribution in [0.5, 0.6) is 0 Å². The van der Waals surface area contributed by atoms with E-state index in [-0.39, 0.29) is 0 Å². The van der Waals surface area contributed by atoms with Crippen molar-refractivity contribution >= 4 is 38.9 Å². The molecule has 7 nitrogen and oxygen atoms in total. The van der Waals surface area contributed by atoms with E-state index in [1.54, 1.807) is 29.9 Å². The number of aromatic nitrogens is 4. The van der Waals surface area contributed by atoms with Crippen LogP contribution in [0.3, 0.4) is 0 Å². The number of nitrogens with one attached hydrogen (secondary N) is 3. The predicted molar refractivity (Wildman–Crippen MR) is 113 cm³/mol. The van der Waals surface area contributed by atoms with Crippen LogP contribution in [0.25, 0.3) is 21.6 Å². The van der Waals surface area contributed by atoms with Crippen LogP contribution in [0, 0.1) is 0 Å². The Hall–Kier alpha value is -3.10. The second-order valence-corrected chi connectivity index (χ2v) is 7.51. The van der Waals surface area contributed by atoms with Gasteiger partial charge in [-0.2, -0.15) is 0 Å². The van der Waals surface area contributed by atoms with Gasteiger partial charge in [-0.15, -0.1) is 11.3 Å². The number of anilines is 3. The van der Waals surface area contributed by atoms with E-state index in [2.05, 4.69) is 31.3 Å². The standard InChI is InChI=1S/C20H19N7S/c1-2-7-23-16(3-1)25-15-12-28-18-17(15)26-19(13-4-8-21-9-5-13)27-20(18)24-14-6-10-22-11-14/h1-5,7-9,12,14,22H,6,10-11H2,(H,23,25)(H,24,26,27). The summed E-state index contributed by atoms with van der Waals surface area (Å²) >= 11 is 1.64. The molecule has 5 rings (SSSR count). The van der Waals surface area contributed by atoms with Crippen molar-refractivity contribution in [1.29, 1.82) is 0 Å². The van der Waals surface area contributed by atoms with E-state index in [9.17, 15) is 0 Å². The Morgan fingerprint density at radius 3 is 2.79 bits per heavy atom. The Bertz CT molecular complexity index is 1080. The molecular weight excluding hydrogens is 370 g/mol. The third-order valence-corrected chi connectivity index (χ3v) is 5.66. The summed E-state index contributed by atoms with van der Waals surface area (Å²) in [6, 6.07) is 10.0. The van der Waals surface area contributed by atoms with Gasteiger partial charge in [0.05, 0.1) is 10.4 Å². The SMILES string of the molecule is c1ccc(Nc2csc3c(NC4CCNC4)nc(-c4ccncc4)nc23)nc1. The average Bonchev–Trinajstić information content (AvgIpc) is 3.40. The maximum atomic E-state index is 4.86. The molecule has 140 valence electrons. The Kier molecular flexibility index (Phi) is 4.56. The van der Waals surface area contributed by atoms with Crippen molar-refractivity contribution in [3.05, 3.63) is 54.3 Å². The van der Waals surface area contributed by atoms with Crippen LogP contribution in [0.4, 0.5) is 17.3 Å². The molecule has 3 N–H and O–H groups in total. The van der Waals surface area contributed by atoms with Crippen molar-refractivity contribution in [1.82, 2.24) is 25.3 Å². The molecule has 28 heavy (non-hydrogen) atoms. The van der Waals surface area contributed by atoms with E-state index < -0.39 is 0 Å². The fraction of sp³-hybridized carbons (Fsp3) is 0.200. The first-order chi connectivity index (χ1) is 13.9. The van der Waals surface area contributed by atoms with Gasteiger partial charge in [-0.05, 0) is 37.2 Å². The van der Waals surface area contributed by atoms with E-state index in [0.29, 0.717) is 11.9 Å². The Labute approximate surface area is 166 Å². The number of thiophene rings is 1. The van der Waals surface area contributed by atoms with Gasteiger partial charge in [0.15, 0.2) is 5.82 Å². The van der Waals surface area contributed by atoms with E-state index >= 15 is 0 Å². The third kappa shape index (κ3) is 3.39. The van der Waals surface area contributed by atoms with Crippen LogP contribution in [-0.2, 0) is 0 Å². The van der Waals surface area contributed by atoms with Crippen molar-refractivity contribution in [2.24, 2.45) is 0 Å². The smallest absolute Gasteiger partial charge is 0.162 e. The van der Waals surface area contributed by atoms with Crippen LogP contribution in [0.15, 0.2) is 54.3 Å². The fourth-order valence-electron chi connectivity index (χ4n) is 3.28. The summed E-state index contributed by atoms with van der Waals surface area (Å²) in [6.07, 6.45) is 6.38. The Balaban J connectivity index is 1.60. The number of rotatable bonds is 5. The molecule has 1 saturated heterocycles. The molecule has 0 aliphatic carbocycles. The number of hydrogen-bond donors (Lipinski definition) is 3. The van der Waals surface area contributed by atoms with Gasteiger partial charge >= 0.3 is 0 Å². The lowest BCUT2D eigenvalue weighted by molar-refractivity contribution is 0.789. The topological polar surface area (TPSA) is 87.6 Å². The molecule has 0 radical (unpaired) electrons. The second kappa shape index (κ2) is 7.49. The molecule has 1 unspecified atom stereocenters. The number of pyridine rings is 2. The number of fused-ring (bicyclic) bond motifs is 1. The number of nitrogens with zero attached hydrogens (tertiary/aromatic N) is 4. The largest absolute Gasteiger partial charge is 0.365 e. The van der Waals surface area contributed by atoms with Gasteiger partial charge in [-0.1, -0.05) is 6.07 Å². The summed E-state index contributed by atoms with van der Waals surface area (Å²) in [5, 5.41) is 12.5. The van der Waals surface area contributed by atoms with Gasteiger partial charge in [0.1, 0.15) is 17.2 Å². The molecule has 1 atom stereocenters. The molecule has 0 amide bonds. The summed E-state index contributed by atoms with van der Waals surface area (Å²) in [7, 11) is 0. The van der Waals surface area contributed by atoms with Crippen LogP contribution in [0.2, 0.25) is 0 Å². The summed E-state index contributed by atoms with van der Waals surface area (Å²) in [6.45, 7) is 1.97. The first-order valence-corrected chi connectivity index (χ1v) is 10.1. The maximum Gasteiger partial charge on any atom is 0.162 e. The minimum atomic E-state index is 0.373. The van der Waals surface area contributed by atoms with Crippen LogP contribution in [-0.4, -0.2) is 39.1 Å². The van der Waals surface area contributed by atoms with Crippen LogP contribution in [0.1, 0.15) is 6.42 Å². The van der Waals surface area contributed by atoms with E-state index in [1.165, 1.54) is 0 Å². The van der Waals surface area contributed by atoms with Gasteiger partial charge in [-0.3, -0.25) is 4.98 Å². The van der Waals surface area contributed by atoms with Crippen molar-refractivity contribution in [3.8, 4) is 11.4 Å². The summed E-state index contributed by atoms with van der Waals surface area (Å²) in [4.78, 5) is 18.2. The van der Waals surface area contributed by atoms with Crippen LogP contribution >= 0.6 is 11.3 Å². The highest BCUT2D eigenvalue weighted by Crippen LogP contribution is 2.36. The zero-order valence-electron chi connectivity index (χ0n) is 15.1. The highest BCUT2D eigenvalue weighted by molar-refractivity contribution is 7.18. The molecule has 5 heterocycles. The zero-order chi connectivity index (χ0) is 18.8. The normalized spacial score (nSPS) is 16.4. The fourth-order valence-corrected chi connectivity index (χ4v) is 4.17. The molecule has 4 aromatic heterocycles. The highest BCUT2D eigenvalue weighted by atomic mass is 32.1. The molecule has 1 fully saturated rings. The molecule has 0 aromatic carbocycles. The lowest BCUT2D eigenvalue weighted by Crippen LogP contribution is -2.22. The third-order valence-electron chi connectivity index (χ3n) is 4.68. The quantitative estimate of drug-likeness (QED) is 0.480. The molecule has 8 heteroatoms. The van der Waals surface area contributed by atoms with Crippen molar-refractivity contribution < 1.29 is 0 Å². The van der Waals surface area contributed by atoms with Crippen molar-refractivity contribution in [2.45, 2.75) is 12.5 Å². The van der Waals surface area contributed by atoms with Gasteiger partial charge in [0, 0.05) is 42.1 Å². The Morgan fingerprint density at radius 2 is 2.00 bits per heavy atom. The zero-order valence-corrected chi connectivity index (χ0v) is 15.9. The molecule has 1 aliphatic rings. The molecular formula is C20H19N7S. The Morgan fingerprint density at radius 1 is 1.07 bits per heavy atom. The summed E-state index contributed by atoms with van der Waals surface area (Å²) < 4.78 is 1.04. The minimum Gasteiger partial charge on any atom is -0.365 e. The highest BCUT2D eigenvalue weighted by Gasteiger charge is 2.20. The minimum absolute atomic E-state index is 0.373. The van der Waals surface area contributed by atoms with E-state index in [1.807, 2.05) is 30.3 Å². The number of hydrogen-bond acceptors (Lipinski definition) is 8. The first kappa shape index (κ1) is 17.0. The second-order valence-electron chi connectivity index (χ2n) is 6.63. The lowest BCUT2D eigenvalue weighted by atomic mass is 10.2. The monoisotopic (exact) mass is 389 g/mol. The predicted octanol–water partition coefficient (Wildman–Crippen LogP) is 3.67. The van der Waals surface area contributed by atoms with Gasteiger partial charge in [-0.25, -0.2) is 15.0 Å². The average molecular weight is 389 g/mol. The summed E-state index contributed by atoms with van der Waals surface area (Å²) in [5.74, 6) is 2.36. The summed E-state index contributed by atoms with van der Waals surface area (Å²) in [5.41, 5.74) is 2.77. The van der Waals surface area contributed by atoms with Gasteiger partial charge in [0.25, 0.3) is 0 Å². The first-order valence-electron chi connectivity index (χ1n) is 9.22. The molecule has 4 aromatic rings. The molecule has 1 aliphatic heterocycles. The maximum absolute atomic E-state index is 4.86. The molecule has 0 bridgehead atoms. The van der Waals surface area contributed by atoms with Gasteiger partial charge < -0.3 is 16.0 Å². The van der Waals surface area contributed by atoms with Crippen LogP contribution < -0.4 is 16.0 Å².